The number of anilines is 1. The maximum atomic E-state index is 14.1. The molecule has 1 amide bonds. The zero-order valence-corrected chi connectivity index (χ0v) is 17.5. The number of carbonyl (C=O) groups excluding carboxylic acids is 1. The first-order valence-corrected chi connectivity index (χ1v) is 9.85. The van der Waals surface area contributed by atoms with Crippen LogP contribution < -0.4 is 15.9 Å². The summed E-state index contributed by atoms with van der Waals surface area (Å²) in [4.78, 5) is 39.9. The van der Waals surface area contributed by atoms with Crippen LogP contribution in [0.4, 0.5) is 14.9 Å². The summed E-state index contributed by atoms with van der Waals surface area (Å²) in [6, 6.07) is 7.87. The third-order valence-corrected chi connectivity index (χ3v) is 4.94. The van der Waals surface area contributed by atoms with Crippen LogP contribution in [0.3, 0.4) is 0 Å². The fourth-order valence-corrected chi connectivity index (χ4v) is 3.60. The molecule has 8 nitrogen and oxygen atoms in total. The number of carboxylic acid groups (broad SMARTS) is 2. The van der Waals surface area contributed by atoms with Crippen LogP contribution in [0, 0.1) is 5.82 Å². The van der Waals surface area contributed by atoms with E-state index in [0.717, 1.165) is 24.3 Å². The molecule has 1 atom stereocenters. The van der Waals surface area contributed by atoms with E-state index in [9.17, 15) is 23.9 Å². The Balaban J connectivity index is 2.23. The second kappa shape index (κ2) is 9.19. The second-order valence-electron chi connectivity index (χ2n) is 6.84. The first-order valence-electron chi connectivity index (χ1n) is 9.47. The number of hydrogen-bond acceptors (Lipinski definition) is 5. The van der Waals surface area contributed by atoms with Crippen LogP contribution in [0.25, 0.3) is 5.57 Å². The molecule has 3 rings (SSSR count). The van der Waals surface area contributed by atoms with Crippen molar-refractivity contribution >= 4 is 40.9 Å². The van der Waals surface area contributed by atoms with Gasteiger partial charge in [-0.1, -0.05) is 30.7 Å². The van der Waals surface area contributed by atoms with E-state index in [1.54, 1.807) is 0 Å². The number of aliphatic carboxylic acids is 2. The average Bonchev–Trinajstić information content (AvgIpc) is 3.06. The van der Waals surface area contributed by atoms with Crippen molar-refractivity contribution in [2.45, 2.75) is 18.9 Å². The minimum atomic E-state index is -2.13. The van der Waals surface area contributed by atoms with Crippen molar-refractivity contribution in [2.24, 2.45) is 4.99 Å². The van der Waals surface area contributed by atoms with Crippen LogP contribution >= 0.6 is 11.6 Å². The highest BCUT2D eigenvalue weighted by Gasteiger charge is 2.46. The average molecular weight is 461 g/mol. The number of carbonyl (C=O) groups is 3. The Morgan fingerprint density at radius 3 is 2.66 bits per heavy atom. The first-order chi connectivity index (χ1) is 15.2. The molecule has 1 aliphatic heterocycles. The van der Waals surface area contributed by atoms with Gasteiger partial charge in [-0.05, 0) is 42.3 Å². The van der Waals surface area contributed by atoms with Crippen molar-refractivity contribution in [1.82, 2.24) is 0 Å². The molecule has 1 heterocycles. The Morgan fingerprint density at radius 2 is 2.00 bits per heavy atom. The number of halogens is 2. The monoisotopic (exact) mass is 460 g/mol. The van der Waals surface area contributed by atoms with Crippen molar-refractivity contribution in [3.8, 4) is 0 Å². The Bertz CT molecular complexity index is 1260. The van der Waals surface area contributed by atoms with Crippen LogP contribution in [-0.2, 0) is 19.9 Å². The van der Waals surface area contributed by atoms with Gasteiger partial charge in [0.15, 0.2) is 0 Å². The Kier molecular flexibility index (Phi) is 6.59. The third-order valence-electron chi connectivity index (χ3n) is 4.65. The van der Waals surface area contributed by atoms with Gasteiger partial charge in [0.05, 0.1) is 17.0 Å². The van der Waals surface area contributed by atoms with Gasteiger partial charge in [-0.2, -0.15) is 0 Å². The molecule has 0 saturated carbocycles. The summed E-state index contributed by atoms with van der Waals surface area (Å²) >= 11 is 6.12. The van der Waals surface area contributed by atoms with Gasteiger partial charge in [0.2, 0.25) is 5.54 Å². The molecule has 1 unspecified atom stereocenters. The first kappa shape index (κ1) is 23.0. The van der Waals surface area contributed by atoms with E-state index in [1.807, 2.05) is 6.92 Å². The highest BCUT2D eigenvalue weighted by molar-refractivity contribution is 6.30. The number of nitrogens with zero attached hydrogens (tertiary/aromatic N) is 1. The standard InChI is InChI=1S/C22H18ClFN2O6/c1-2-8-32-21(31)25-14-5-3-4-12(9-14)22(20(29)30)16(6-7-18(27)28)15-10-13(24)11-17(23)19(15)26-22/h3-7,9-11H,2,8H2,1H3,(H,25,31)(H,27,28)(H,29,30). The number of fused-ring (bicyclic) bond motifs is 1. The minimum absolute atomic E-state index is 0.0150. The fourth-order valence-electron chi connectivity index (χ4n) is 3.35. The lowest BCUT2D eigenvalue weighted by molar-refractivity contribution is -0.141. The summed E-state index contributed by atoms with van der Waals surface area (Å²) in [5, 5.41) is 21.8. The molecule has 1 aliphatic rings. The molecular weight excluding hydrogens is 443 g/mol. The molecule has 32 heavy (non-hydrogen) atoms. The van der Waals surface area contributed by atoms with Crippen LogP contribution in [0.5, 0.6) is 0 Å². The Morgan fingerprint density at radius 1 is 1.25 bits per heavy atom. The minimum Gasteiger partial charge on any atom is -0.479 e. The highest BCUT2D eigenvalue weighted by Crippen LogP contribution is 2.38. The molecule has 0 aliphatic carbocycles. The van der Waals surface area contributed by atoms with Gasteiger partial charge >= 0.3 is 18.0 Å². The number of nitrogens with one attached hydrogen (secondary N) is 1. The van der Waals surface area contributed by atoms with Gasteiger partial charge in [-0.3, -0.25) is 10.3 Å². The van der Waals surface area contributed by atoms with Crippen LogP contribution in [-0.4, -0.2) is 34.9 Å². The Hall–Kier alpha value is -3.72. The van der Waals surface area contributed by atoms with E-state index < -0.39 is 29.4 Å². The van der Waals surface area contributed by atoms with Crippen LogP contribution in [0.2, 0.25) is 5.02 Å². The molecule has 166 valence electrons. The molecular formula is C22H18ClFN2O6. The van der Waals surface area contributed by atoms with E-state index in [4.69, 9.17) is 21.4 Å². The molecule has 0 aromatic heterocycles. The quantitative estimate of drug-likeness (QED) is 0.545. The lowest BCUT2D eigenvalue weighted by atomic mass is 9.82. The summed E-state index contributed by atoms with van der Waals surface area (Å²) in [7, 11) is 0. The molecule has 0 spiro atoms. The molecule has 2 aromatic rings. The van der Waals surface area contributed by atoms with Gasteiger partial charge in [0.25, 0.3) is 0 Å². The van der Waals surface area contributed by atoms with Gasteiger partial charge < -0.3 is 14.9 Å². The highest BCUT2D eigenvalue weighted by atomic mass is 35.5. The van der Waals surface area contributed by atoms with Crippen LogP contribution in [0.15, 0.2) is 53.5 Å². The zero-order valence-electron chi connectivity index (χ0n) is 16.8. The number of ether oxygens (including phenoxy) is 1. The number of carboxylic acids is 2. The van der Waals surface area contributed by atoms with Crippen molar-refractivity contribution in [3.63, 3.8) is 0 Å². The molecule has 3 N–H and O–H groups in total. The van der Waals surface area contributed by atoms with Gasteiger partial charge in [-0.25, -0.2) is 18.8 Å². The van der Waals surface area contributed by atoms with Crippen molar-refractivity contribution in [1.29, 1.82) is 0 Å². The van der Waals surface area contributed by atoms with E-state index in [1.165, 1.54) is 24.3 Å². The predicted octanol–water partition coefficient (Wildman–Crippen LogP) is 2.84. The van der Waals surface area contributed by atoms with E-state index in [2.05, 4.69) is 10.3 Å². The number of hydrogen-bond donors (Lipinski definition) is 3. The molecule has 10 heteroatoms. The maximum Gasteiger partial charge on any atom is 0.411 e. The van der Waals surface area contributed by atoms with Crippen molar-refractivity contribution in [2.75, 3.05) is 11.9 Å². The van der Waals surface area contributed by atoms with Crippen molar-refractivity contribution < 1.29 is 33.7 Å². The fraction of sp³-hybridized carbons (Fsp3) is 0.182. The summed E-state index contributed by atoms with van der Waals surface area (Å²) < 4.78 is 19.0. The maximum absolute atomic E-state index is 14.1. The summed E-state index contributed by atoms with van der Waals surface area (Å²) in [6.45, 7) is 2.04. The zero-order chi connectivity index (χ0) is 23.5. The molecule has 0 fully saturated rings. The summed E-state index contributed by atoms with van der Waals surface area (Å²) in [5.74, 6) is -3.51. The van der Waals surface area contributed by atoms with E-state index in [-0.39, 0.29) is 39.0 Å². The second-order valence-corrected chi connectivity index (χ2v) is 7.25. The molecule has 2 aromatic carbocycles. The summed E-state index contributed by atoms with van der Waals surface area (Å²) in [6.07, 6.45) is 1.69. The largest absolute Gasteiger partial charge is 0.479 e. The van der Waals surface area contributed by atoms with Crippen molar-refractivity contribution in [3.05, 3.63) is 75.5 Å². The van der Waals surface area contributed by atoms with E-state index in [0.29, 0.717) is 6.42 Å². The molecule has 0 radical (unpaired) electrons. The third kappa shape index (κ3) is 4.33. The smallest absolute Gasteiger partial charge is 0.411 e. The normalized spacial score (nSPS) is 17.0. The van der Waals surface area contributed by atoms with Gasteiger partial charge in [0.1, 0.15) is 5.82 Å². The molecule has 0 bridgehead atoms. The number of rotatable bonds is 7. The topological polar surface area (TPSA) is 125 Å². The number of benzene rings is 2. The summed E-state index contributed by atoms with van der Waals surface area (Å²) in [5.41, 5.74) is -1.89. The molecule has 0 saturated heterocycles. The predicted molar refractivity (Wildman–Crippen MR) is 113 cm³/mol. The lowest BCUT2D eigenvalue weighted by Gasteiger charge is -2.25. The van der Waals surface area contributed by atoms with Gasteiger partial charge in [-0.15, -0.1) is 0 Å². The van der Waals surface area contributed by atoms with Crippen LogP contribution in [0.1, 0.15) is 18.9 Å². The Labute approximate surface area is 186 Å². The van der Waals surface area contributed by atoms with Gasteiger partial charge in [0, 0.05) is 22.6 Å². The SMILES string of the molecule is CCCOC(=O)Nc1cccc(C2(C(=O)O)N=c3c(Cl)cc(F)cc3=C2C=CC(=O)O)c1. The van der Waals surface area contributed by atoms with E-state index >= 15 is 0 Å². The number of amides is 1. The lowest BCUT2D eigenvalue weighted by Crippen LogP contribution is -2.34.